The van der Waals surface area contributed by atoms with E-state index in [-0.39, 0.29) is 18.1 Å². The molecule has 7 heteroatoms. The highest BCUT2D eigenvalue weighted by atomic mass is 16.5. The number of carbonyl (C=O) groups excluding carboxylic acids is 1. The summed E-state index contributed by atoms with van der Waals surface area (Å²) in [6.07, 6.45) is 3.46. The molecule has 2 atom stereocenters. The molecule has 4 heterocycles. The van der Waals surface area contributed by atoms with Gasteiger partial charge in [0.25, 0.3) is 5.91 Å². The van der Waals surface area contributed by atoms with Crippen LogP contribution in [0.5, 0.6) is 0 Å². The van der Waals surface area contributed by atoms with Crippen molar-refractivity contribution in [3.63, 3.8) is 0 Å². The molecule has 24 heavy (non-hydrogen) atoms. The standard InChI is InChI=1S/C17H19N5O2/c1-12-4-2-5-13(20-12)16(23)21-10-14-15(11-21)24-9-8-22(14)17-18-6-3-7-19-17/h2-7,14-15H,8-11H2,1H3/t14-,15+/m1/s1. The molecule has 0 saturated carbocycles. The third kappa shape index (κ3) is 2.71. The first-order valence-electron chi connectivity index (χ1n) is 8.10. The van der Waals surface area contributed by atoms with Gasteiger partial charge >= 0.3 is 0 Å². The van der Waals surface area contributed by atoms with Crippen molar-refractivity contribution < 1.29 is 9.53 Å². The Labute approximate surface area is 140 Å². The molecule has 2 aliphatic rings. The van der Waals surface area contributed by atoms with Crippen molar-refractivity contribution in [3.05, 3.63) is 48.0 Å². The van der Waals surface area contributed by atoms with E-state index in [2.05, 4.69) is 19.9 Å². The van der Waals surface area contributed by atoms with Crippen LogP contribution in [0.4, 0.5) is 5.95 Å². The van der Waals surface area contributed by atoms with E-state index >= 15 is 0 Å². The first-order valence-corrected chi connectivity index (χ1v) is 8.10. The van der Waals surface area contributed by atoms with Crippen LogP contribution in [0.15, 0.2) is 36.7 Å². The fourth-order valence-electron chi connectivity index (χ4n) is 3.37. The smallest absolute Gasteiger partial charge is 0.272 e. The van der Waals surface area contributed by atoms with Crippen LogP contribution in [-0.4, -0.2) is 64.1 Å². The number of hydrogen-bond acceptors (Lipinski definition) is 6. The van der Waals surface area contributed by atoms with E-state index in [1.165, 1.54) is 0 Å². The molecule has 2 aliphatic heterocycles. The monoisotopic (exact) mass is 325 g/mol. The molecule has 0 N–H and O–H groups in total. The van der Waals surface area contributed by atoms with Crippen LogP contribution >= 0.6 is 0 Å². The van der Waals surface area contributed by atoms with Gasteiger partial charge in [0.15, 0.2) is 0 Å². The summed E-state index contributed by atoms with van der Waals surface area (Å²) < 4.78 is 5.88. The largest absolute Gasteiger partial charge is 0.372 e. The van der Waals surface area contributed by atoms with Crippen LogP contribution < -0.4 is 4.90 Å². The van der Waals surface area contributed by atoms with Gasteiger partial charge in [-0.15, -0.1) is 0 Å². The minimum atomic E-state index is -0.0503. The van der Waals surface area contributed by atoms with E-state index in [4.69, 9.17) is 4.74 Å². The molecule has 7 nitrogen and oxygen atoms in total. The number of anilines is 1. The van der Waals surface area contributed by atoms with Crippen molar-refractivity contribution in [1.82, 2.24) is 19.9 Å². The van der Waals surface area contributed by atoms with Gasteiger partial charge in [-0.25, -0.2) is 15.0 Å². The Balaban J connectivity index is 1.55. The summed E-state index contributed by atoms with van der Waals surface area (Å²) in [5.41, 5.74) is 1.32. The average Bonchev–Trinajstić information content (AvgIpc) is 3.06. The molecule has 0 spiro atoms. The van der Waals surface area contributed by atoms with Gasteiger partial charge in [0.1, 0.15) is 5.69 Å². The summed E-state index contributed by atoms with van der Waals surface area (Å²) in [6, 6.07) is 7.39. The van der Waals surface area contributed by atoms with Crippen molar-refractivity contribution in [2.24, 2.45) is 0 Å². The van der Waals surface area contributed by atoms with E-state index in [0.717, 1.165) is 12.2 Å². The number of carbonyl (C=O) groups is 1. The molecule has 0 aliphatic carbocycles. The van der Waals surface area contributed by atoms with Crippen LogP contribution in [0.1, 0.15) is 16.2 Å². The summed E-state index contributed by atoms with van der Waals surface area (Å²) in [5, 5.41) is 0. The normalized spacial score (nSPS) is 23.2. The Kier molecular flexibility index (Phi) is 3.86. The molecular formula is C17H19N5O2. The Hall–Kier alpha value is -2.54. The quantitative estimate of drug-likeness (QED) is 0.817. The maximum absolute atomic E-state index is 12.7. The van der Waals surface area contributed by atoms with Crippen molar-refractivity contribution in [3.8, 4) is 0 Å². The number of pyridine rings is 1. The molecule has 1 amide bonds. The highest BCUT2D eigenvalue weighted by Gasteiger charge is 2.43. The van der Waals surface area contributed by atoms with Gasteiger partial charge < -0.3 is 14.5 Å². The van der Waals surface area contributed by atoms with Gasteiger partial charge in [0.2, 0.25) is 5.95 Å². The van der Waals surface area contributed by atoms with Gasteiger partial charge in [-0.05, 0) is 25.1 Å². The molecule has 2 aromatic heterocycles. The predicted octanol–water partition coefficient (Wildman–Crippen LogP) is 0.910. The number of rotatable bonds is 2. The van der Waals surface area contributed by atoms with Crippen molar-refractivity contribution in [2.75, 3.05) is 31.1 Å². The number of amides is 1. The number of fused-ring (bicyclic) bond motifs is 1. The first-order chi connectivity index (χ1) is 11.7. The summed E-state index contributed by atoms with van der Waals surface area (Å²) >= 11 is 0. The second-order valence-corrected chi connectivity index (χ2v) is 6.09. The zero-order chi connectivity index (χ0) is 16.5. The molecule has 2 fully saturated rings. The molecule has 0 bridgehead atoms. The third-order valence-electron chi connectivity index (χ3n) is 4.51. The molecular weight excluding hydrogens is 306 g/mol. The SMILES string of the molecule is Cc1cccc(C(=O)N2C[C@@H]3OCCN(c4ncccn4)[C@@H]3C2)n1. The minimum absolute atomic E-state index is 0.0173. The zero-order valence-electron chi connectivity index (χ0n) is 13.5. The molecule has 2 saturated heterocycles. The molecule has 2 aromatic rings. The number of aryl methyl sites for hydroxylation is 1. The summed E-state index contributed by atoms with van der Waals surface area (Å²) in [6.45, 7) is 4.40. The molecule has 4 rings (SSSR count). The summed E-state index contributed by atoms with van der Waals surface area (Å²) in [4.78, 5) is 29.7. The average molecular weight is 325 g/mol. The van der Waals surface area contributed by atoms with Gasteiger partial charge in [0, 0.05) is 37.7 Å². The molecule has 0 aromatic carbocycles. The molecule has 0 radical (unpaired) electrons. The number of morpholine rings is 1. The maximum Gasteiger partial charge on any atom is 0.272 e. The summed E-state index contributed by atoms with van der Waals surface area (Å²) in [7, 11) is 0. The highest BCUT2D eigenvalue weighted by Crippen LogP contribution is 2.26. The van der Waals surface area contributed by atoms with Gasteiger partial charge in [0.05, 0.1) is 18.8 Å². The maximum atomic E-state index is 12.7. The van der Waals surface area contributed by atoms with E-state index in [0.29, 0.717) is 31.3 Å². The fraction of sp³-hybridized carbons (Fsp3) is 0.412. The van der Waals surface area contributed by atoms with Gasteiger partial charge in [-0.1, -0.05) is 6.07 Å². The predicted molar refractivity (Wildman–Crippen MR) is 87.8 cm³/mol. The van der Waals surface area contributed by atoms with Gasteiger partial charge in [-0.2, -0.15) is 0 Å². The minimum Gasteiger partial charge on any atom is -0.372 e. The number of likely N-dealkylation sites (tertiary alicyclic amines) is 1. The Bertz CT molecular complexity index is 739. The Morgan fingerprint density at radius 3 is 2.83 bits per heavy atom. The Morgan fingerprint density at radius 2 is 2.04 bits per heavy atom. The van der Waals surface area contributed by atoms with Crippen LogP contribution in [0, 0.1) is 6.92 Å². The van der Waals surface area contributed by atoms with Crippen LogP contribution in [0.2, 0.25) is 0 Å². The number of nitrogens with zero attached hydrogens (tertiary/aromatic N) is 5. The molecule has 0 unspecified atom stereocenters. The zero-order valence-corrected chi connectivity index (χ0v) is 13.5. The van der Waals surface area contributed by atoms with Gasteiger partial charge in [-0.3, -0.25) is 4.79 Å². The third-order valence-corrected chi connectivity index (χ3v) is 4.51. The van der Waals surface area contributed by atoms with Crippen LogP contribution in [0.25, 0.3) is 0 Å². The van der Waals surface area contributed by atoms with Crippen molar-refractivity contribution in [1.29, 1.82) is 0 Å². The molecule has 124 valence electrons. The number of ether oxygens (including phenoxy) is 1. The fourth-order valence-corrected chi connectivity index (χ4v) is 3.37. The van der Waals surface area contributed by atoms with E-state index in [1.807, 2.05) is 24.0 Å². The Morgan fingerprint density at radius 1 is 1.21 bits per heavy atom. The number of aromatic nitrogens is 3. The second-order valence-electron chi connectivity index (χ2n) is 6.09. The number of hydrogen-bond donors (Lipinski definition) is 0. The lowest BCUT2D eigenvalue weighted by Crippen LogP contribution is -2.51. The lowest BCUT2D eigenvalue weighted by Gasteiger charge is -2.36. The topological polar surface area (TPSA) is 71.5 Å². The second kappa shape index (κ2) is 6.16. The van der Waals surface area contributed by atoms with E-state index < -0.39 is 0 Å². The lowest BCUT2D eigenvalue weighted by molar-refractivity contribution is 0.0296. The van der Waals surface area contributed by atoms with Crippen molar-refractivity contribution >= 4 is 11.9 Å². The lowest BCUT2D eigenvalue weighted by atomic mass is 10.1. The summed E-state index contributed by atoms with van der Waals surface area (Å²) in [5.74, 6) is 0.643. The first kappa shape index (κ1) is 15.0. The van der Waals surface area contributed by atoms with E-state index in [9.17, 15) is 4.79 Å². The van der Waals surface area contributed by atoms with Crippen LogP contribution in [0.3, 0.4) is 0 Å². The highest BCUT2D eigenvalue weighted by molar-refractivity contribution is 5.92. The van der Waals surface area contributed by atoms with Crippen LogP contribution in [-0.2, 0) is 4.74 Å². The van der Waals surface area contributed by atoms with Crippen molar-refractivity contribution in [2.45, 2.75) is 19.1 Å². The van der Waals surface area contributed by atoms with E-state index in [1.54, 1.807) is 24.5 Å².